The van der Waals surface area contributed by atoms with Crippen LogP contribution in [0.3, 0.4) is 0 Å². The van der Waals surface area contributed by atoms with Gasteiger partial charge in [-0.25, -0.2) is 0 Å². The maximum absolute atomic E-state index is 12.2. The Morgan fingerprint density at radius 3 is 3.00 bits per heavy atom. The number of nitrogens with zero attached hydrogens (tertiary/aromatic N) is 2. The Balaban J connectivity index is 1.99. The molecule has 0 aliphatic carbocycles. The summed E-state index contributed by atoms with van der Waals surface area (Å²) in [6.07, 6.45) is 3.22. The van der Waals surface area contributed by atoms with Crippen LogP contribution in [0.5, 0.6) is 0 Å². The summed E-state index contributed by atoms with van der Waals surface area (Å²) in [6, 6.07) is 1.48. The van der Waals surface area contributed by atoms with Crippen molar-refractivity contribution in [3.63, 3.8) is 0 Å². The van der Waals surface area contributed by atoms with Gasteiger partial charge in [0.25, 0.3) is 0 Å². The van der Waals surface area contributed by atoms with E-state index >= 15 is 0 Å². The van der Waals surface area contributed by atoms with E-state index in [0.717, 1.165) is 19.3 Å². The predicted octanol–water partition coefficient (Wildman–Crippen LogP) is 0.685. The summed E-state index contributed by atoms with van der Waals surface area (Å²) < 4.78 is 4.83. The van der Waals surface area contributed by atoms with E-state index in [1.807, 2.05) is 0 Å². The molecule has 0 radical (unpaired) electrons. The van der Waals surface area contributed by atoms with E-state index in [4.69, 9.17) is 9.63 Å². The number of rotatable bonds is 3. The van der Waals surface area contributed by atoms with Crippen LogP contribution >= 0.6 is 0 Å². The summed E-state index contributed by atoms with van der Waals surface area (Å²) in [5.41, 5.74) is 0. The molecule has 2 N–H and O–H groups in total. The van der Waals surface area contributed by atoms with Crippen LogP contribution in [0.1, 0.15) is 31.4 Å². The van der Waals surface area contributed by atoms with E-state index in [2.05, 4.69) is 10.5 Å². The van der Waals surface area contributed by atoms with Crippen molar-refractivity contribution >= 4 is 17.6 Å². The molecule has 0 aromatic carbocycles. The summed E-state index contributed by atoms with van der Waals surface area (Å²) in [5, 5.41) is 15.1. The molecule has 2 rings (SSSR count). The molecule has 1 atom stereocenters. The molecule has 1 aromatic rings. The van der Waals surface area contributed by atoms with Crippen LogP contribution in [-0.2, 0) is 9.59 Å². The van der Waals surface area contributed by atoms with Crippen LogP contribution in [0, 0.1) is 6.92 Å². The topological polar surface area (TPSA) is 95.7 Å². The van der Waals surface area contributed by atoms with Crippen LogP contribution in [-0.4, -0.2) is 46.2 Å². The van der Waals surface area contributed by atoms with Gasteiger partial charge < -0.3 is 14.5 Å². The molecule has 2 amide bonds. The number of aryl methyl sites for hydroxylation is 1. The number of nitrogens with one attached hydrogen (secondary N) is 1. The fraction of sp³-hybridized carbons (Fsp3) is 0.615. The summed E-state index contributed by atoms with van der Waals surface area (Å²) >= 11 is 0. The van der Waals surface area contributed by atoms with Crippen molar-refractivity contribution in [3.8, 4) is 0 Å². The highest BCUT2D eigenvalue weighted by Crippen LogP contribution is 2.20. The van der Waals surface area contributed by atoms with Crippen molar-refractivity contribution < 1.29 is 19.2 Å². The van der Waals surface area contributed by atoms with Crippen LogP contribution in [0.25, 0.3) is 0 Å². The lowest BCUT2D eigenvalue weighted by Crippen LogP contribution is -2.48. The Hall–Kier alpha value is -1.89. The molecule has 7 nitrogen and oxygen atoms in total. The molecule has 1 saturated heterocycles. The number of aliphatic hydroxyl groups excluding tert-OH is 1. The number of aliphatic hydroxyl groups is 1. The van der Waals surface area contributed by atoms with Gasteiger partial charge >= 0.3 is 11.8 Å². The third-order valence-electron chi connectivity index (χ3n) is 3.41. The number of piperidine rings is 1. The number of anilines is 1. The zero-order chi connectivity index (χ0) is 14.5. The molecule has 1 aliphatic heterocycles. The first-order chi connectivity index (χ1) is 9.61. The molecule has 0 saturated carbocycles. The smallest absolute Gasteiger partial charge is 0.315 e. The van der Waals surface area contributed by atoms with Crippen LogP contribution in [0.15, 0.2) is 10.6 Å². The third-order valence-corrected chi connectivity index (χ3v) is 3.41. The minimum atomic E-state index is -0.719. The van der Waals surface area contributed by atoms with Crippen molar-refractivity contribution in [3.05, 3.63) is 11.8 Å². The lowest BCUT2D eigenvalue weighted by atomic mass is 9.99. The van der Waals surface area contributed by atoms with Crippen LogP contribution < -0.4 is 5.32 Å². The van der Waals surface area contributed by atoms with Gasteiger partial charge in [0.15, 0.2) is 5.82 Å². The number of carbonyl (C=O) groups is 2. The summed E-state index contributed by atoms with van der Waals surface area (Å²) in [5.74, 6) is -0.507. The molecule has 1 fully saturated rings. The maximum atomic E-state index is 12.2. The van der Waals surface area contributed by atoms with E-state index in [0.29, 0.717) is 18.7 Å². The van der Waals surface area contributed by atoms with Crippen LogP contribution in [0.2, 0.25) is 0 Å². The van der Waals surface area contributed by atoms with Crippen molar-refractivity contribution in [1.82, 2.24) is 10.1 Å². The lowest BCUT2D eigenvalue weighted by molar-refractivity contribution is -0.146. The Kier molecular flexibility index (Phi) is 4.73. The van der Waals surface area contributed by atoms with Crippen molar-refractivity contribution in [2.24, 2.45) is 0 Å². The average molecular weight is 281 g/mol. The molecule has 1 aliphatic rings. The fourth-order valence-corrected chi connectivity index (χ4v) is 2.44. The normalized spacial score (nSPS) is 18.9. The maximum Gasteiger partial charge on any atom is 0.315 e. The fourth-order valence-electron chi connectivity index (χ4n) is 2.44. The Labute approximate surface area is 116 Å². The first-order valence-corrected chi connectivity index (χ1v) is 6.78. The van der Waals surface area contributed by atoms with Crippen LogP contribution in [0.4, 0.5) is 5.82 Å². The van der Waals surface area contributed by atoms with Gasteiger partial charge in [0.05, 0.1) is 0 Å². The quantitative estimate of drug-likeness (QED) is 0.794. The first kappa shape index (κ1) is 14.5. The Morgan fingerprint density at radius 2 is 2.35 bits per heavy atom. The molecule has 7 heteroatoms. The summed E-state index contributed by atoms with van der Waals surface area (Å²) in [6.45, 7) is 2.26. The molecule has 110 valence electrons. The van der Waals surface area contributed by atoms with Crippen molar-refractivity contribution in [1.29, 1.82) is 0 Å². The van der Waals surface area contributed by atoms with Crippen molar-refractivity contribution in [2.75, 3.05) is 18.5 Å². The number of hydrogen-bond donors (Lipinski definition) is 2. The molecular formula is C13H19N3O4. The number of likely N-dealkylation sites (tertiary alicyclic amines) is 1. The standard InChI is InChI=1S/C13H19N3O4/c1-9-8-11(15-20-9)14-12(18)13(19)16-6-3-2-4-10(16)5-7-17/h8,10,17H,2-7H2,1H3,(H,14,15,18)/t10-/m1/s1. The second kappa shape index (κ2) is 6.51. The highest BCUT2D eigenvalue weighted by molar-refractivity contribution is 6.39. The van der Waals surface area contributed by atoms with Gasteiger partial charge in [0.2, 0.25) is 0 Å². The SMILES string of the molecule is Cc1cc(NC(=O)C(=O)N2CCCC[C@@H]2CCO)no1. The van der Waals surface area contributed by atoms with E-state index in [9.17, 15) is 9.59 Å². The second-order valence-electron chi connectivity index (χ2n) is 4.94. The van der Waals surface area contributed by atoms with E-state index in [-0.39, 0.29) is 18.5 Å². The van der Waals surface area contributed by atoms with Gasteiger partial charge in [0, 0.05) is 25.3 Å². The van der Waals surface area contributed by atoms with Gasteiger partial charge in [-0.15, -0.1) is 0 Å². The lowest BCUT2D eigenvalue weighted by Gasteiger charge is -2.34. The molecule has 0 unspecified atom stereocenters. The molecule has 2 heterocycles. The monoisotopic (exact) mass is 281 g/mol. The molecular weight excluding hydrogens is 262 g/mol. The minimum Gasteiger partial charge on any atom is -0.396 e. The Bertz CT molecular complexity index is 484. The summed E-state index contributed by atoms with van der Waals surface area (Å²) in [7, 11) is 0. The number of aromatic nitrogens is 1. The highest BCUT2D eigenvalue weighted by atomic mass is 16.5. The minimum absolute atomic E-state index is 0.0124. The van der Waals surface area contributed by atoms with Gasteiger partial charge in [-0.05, 0) is 32.6 Å². The van der Waals surface area contributed by atoms with Gasteiger partial charge in [0.1, 0.15) is 5.76 Å². The molecule has 0 bridgehead atoms. The van der Waals surface area contributed by atoms with Crippen molar-refractivity contribution in [2.45, 2.75) is 38.6 Å². The largest absolute Gasteiger partial charge is 0.396 e. The molecule has 20 heavy (non-hydrogen) atoms. The van der Waals surface area contributed by atoms with E-state index in [1.165, 1.54) is 0 Å². The molecule has 1 aromatic heterocycles. The Morgan fingerprint density at radius 1 is 1.55 bits per heavy atom. The summed E-state index contributed by atoms with van der Waals surface area (Å²) in [4.78, 5) is 25.6. The number of carbonyl (C=O) groups excluding carboxylic acids is 2. The molecule has 0 spiro atoms. The van der Waals surface area contributed by atoms with Gasteiger partial charge in [-0.2, -0.15) is 0 Å². The zero-order valence-corrected chi connectivity index (χ0v) is 11.5. The number of hydrogen-bond acceptors (Lipinski definition) is 5. The second-order valence-corrected chi connectivity index (χ2v) is 4.94. The zero-order valence-electron chi connectivity index (χ0n) is 11.5. The van der Waals surface area contributed by atoms with Gasteiger partial charge in [-0.1, -0.05) is 5.16 Å². The van der Waals surface area contributed by atoms with E-state index in [1.54, 1.807) is 17.9 Å². The first-order valence-electron chi connectivity index (χ1n) is 6.78. The highest BCUT2D eigenvalue weighted by Gasteiger charge is 2.30. The van der Waals surface area contributed by atoms with E-state index < -0.39 is 11.8 Å². The predicted molar refractivity (Wildman–Crippen MR) is 70.9 cm³/mol. The third kappa shape index (κ3) is 3.36. The van der Waals surface area contributed by atoms with Gasteiger partial charge in [-0.3, -0.25) is 14.9 Å². The number of amides is 2. The average Bonchev–Trinajstić information content (AvgIpc) is 2.84.